The van der Waals surface area contributed by atoms with Crippen molar-refractivity contribution in [2.75, 3.05) is 19.9 Å². The van der Waals surface area contributed by atoms with Crippen molar-refractivity contribution in [2.45, 2.75) is 27.3 Å². The Bertz CT molecular complexity index is 505. The van der Waals surface area contributed by atoms with E-state index in [4.69, 9.17) is 5.73 Å². The minimum atomic E-state index is -0.665. The fourth-order valence-electron chi connectivity index (χ4n) is 1.83. The van der Waals surface area contributed by atoms with E-state index < -0.39 is 11.4 Å². The van der Waals surface area contributed by atoms with Crippen LogP contribution in [0.1, 0.15) is 30.2 Å². The molecule has 0 aliphatic heterocycles. The van der Waals surface area contributed by atoms with Crippen LogP contribution in [0.3, 0.4) is 0 Å². The molecule has 0 spiro atoms. The molecule has 106 valence electrons. The normalized spacial score (nSPS) is 11.2. The Kier molecular flexibility index (Phi) is 4.18. The van der Waals surface area contributed by atoms with E-state index in [0.29, 0.717) is 12.4 Å². The van der Waals surface area contributed by atoms with Gasteiger partial charge in [-0.15, -0.1) is 0 Å². The maximum atomic E-state index is 11.8. The van der Waals surface area contributed by atoms with Gasteiger partial charge in [0.1, 0.15) is 11.6 Å². The van der Waals surface area contributed by atoms with E-state index in [1.165, 1.54) is 7.11 Å². The maximum Gasteiger partial charge on any atom is 0.360 e. The van der Waals surface area contributed by atoms with Crippen molar-refractivity contribution >= 4 is 17.7 Å². The second kappa shape index (κ2) is 5.29. The van der Waals surface area contributed by atoms with Crippen LogP contribution in [0, 0.1) is 12.3 Å². The molecule has 1 rings (SSSR count). The van der Waals surface area contributed by atoms with Crippen LogP contribution >= 0.6 is 0 Å². The molecule has 3 N–H and O–H groups in total. The Hall–Kier alpha value is -2.05. The number of nitrogens with zero attached hydrogens (tertiary/aromatic N) is 2. The number of esters is 1. The van der Waals surface area contributed by atoms with Crippen LogP contribution < -0.4 is 11.1 Å². The first-order chi connectivity index (χ1) is 8.74. The molecule has 1 amide bonds. The molecule has 0 fully saturated rings. The zero-order valence-corrected chi connectivity index (χ0v) is 11.9. The van der Waals surface area contributed by atoms with E-state index in [1.54, 1.807) is 32.4 Å². The maximum absolute atomic E-state index is 11.8. The van der Waals surface area contributed by atoms with Crippen LogP contribution in [0.2, 0.25) is 0 Å². The summed E-state index contributed by atoms with van der Waals surface area (Å²) < 4.78 is 6.25. The fourth-order valence-corrected chi connectivity index (χ4v) is 1.83. The van der Waals surface area contributed by atoms with Gasteiger partial charge in [0.15, 0.2) is 5.69 Å². The van der Waals surface area contributed by atoms with E-state index >= 15 is 0 Å². The Morgan fingerprint density at radius 3 is 2.53 bits per heavy atom. The average Bonchev–Trinajstić information content (AvgIpc) is 2.64. The number of anilines is 1. The molecule has 0 radical (unpaired) electrons. The summed E-state index contributed by atoms with van der Waals surface area (Å²) in [5.74, 6) is 0.0768. The lowest BCUT2D eigenvalue weighted by Gasteiger charge is -2.24. The molecule has 1 aromatic rings. The Balaban J connectivity index is 3.13. The summed E-state index contributed by atoms with van der Waals surface area (Å²) in [5.41, 5.74) is 5.31. The first-order valence-electron chi connectivity index (χ1n) is 5.87. The molecule has 0 aliphatic rings. The molecule has 0 aliphatic carbocycles. The highest BCUT2D eigenvalue weighted by atomic mass is 16.5. The van der Waals surface area contributed by atoms with Crippen molar-refractivity contribution in [3.8, 4) is 0 Å². The van der Waals surface area contributed by atoms with Gasteiger partial charge in [0, 0.05) is 13.6 Å². The number of aromatic nitrogens is 2. The monoisotopic (exact) mass is 268 g/mol. The summed E-state index contributed by atoms with van der Waals surface area (Å²) in [7, 11) is 2.85. The van der Waals surface area contributed by atoms with E-state index in [0.717, 1.165) is 0 Å². The molecule has 0 bridgehead atoms. The summed E-state index contributed by atoms with van der Waals surface area (Å²) in [6.45, 7) is 5.64. The molecule has 0 aromatic carbocycles. The average molecular weight is 268 g/mol. The molecular formula is C12H20N4O3. The fraction of sp³-hybridized carbons (Fsp3) is 0.583. The molecule has 0 unspecified atom stereocenters. The van der Waals surface area contributed by atoms with Gasteiger partial charge in [0.2, 0.25) is 5.91 Å². The molecule has 0 saturated heterocycles. The topological polar surface area (TPSA) is 99.2 Å². The lowest BCUT2D eigenvalue weighted by atomic mass is 9.92. The number of imidazole rings is 1. The van der Waals surface area contributed by atoms with Gasteiger partial charge in [-0.05, 0) is 20.8 Å². The van der Waals surface area contributed by atoms with Gasteiger partial charge in [0.25, 0.3) is 0 Å². The van der Waals surface area contributed by atoms with Gasteiger partial charge >= 0.3 is 5.97 Å². The number of ether oxygens (including phenoxy) is 1. The highest BCUT2D eigenvalue weighted by Crippen LogP contribution is 2.23. The lowest BCUT2D eigenvalue weighted by molar-refractivity contribution is -0.129. The van der Waals surface area contributed by atoms with Crippen molar-refractivity contribution < 1.29 is 14.3 Å². The highest BCUT2D eigenvalue weighted by molar-refractivity contribution is 5.92. The number of nitrogens with one attached hydrogen (secondary N) is 1. The van der Waals surface area contributed by atoms with Gasteiger partial charge < -0.3 is 20.4 Å². The minimum absolute atomic E-state index is 0.0766. The molecule has 0 saturated carbocycles. The first kappa shape index (κ1) is 15.0. The van der Waals surface area contributed by atoms with Crippen LogP contribution in [0.5, 0.6) is 0 Å². The van der Waals surface area contributed by atoms with E-state index in [-0.39, 0.29) is 17.4 Å². The molecule has 1 heterocycles. The molecule has 19 heavy (non-hydrogen) atoms. The number of carbonyl (C=O) groups is 2. The zero-order chi connectivity index (χ0) is 14.8. The summed E-state index contributed by atoms with van der Waals surface area (Å²) in [6, 6.07) is 0. The number of aryl methyl sites for hydroxylation is 1. The Morgan fingerprint density at radius 2 is 2.05 bits per heavy atom. The first-order valence-corrected chi connectivity index (χ1v) is 5.87. The zero-order valence-electron chi connectivity index (χ0n) is 11.9. The summed E-state index contributed by atoms with van der Waals surface area (Å²) in [4.78, 5) is 27.4. The van der Waals surface area contributed by atoms with Crippen molar-refractivity contribution in [3.05, 3.63) is 11.5 Å². The van der Waals surface area contributed by atoms with Gasteiger partial charge in [-0.3, -0.25) is 4.79 Å². The quantitative estimate of drug-likeness (QED) is 0.767. The predicted molar refractivity (Wildman–Crippen MR) is 70.6 cm³/mol. The third kappa shape index (κ3) is 2.86. The smallest absolute Gasteiger partial charge is 0.360 e. The van der Waals surface area contributed by atoms with E-state index in [2.05, 4.69) is 15.0 Å². The largest absolute Gasteiger partial charge is 0.464 e. The minimum Gasteiger partial charge on any atom is -0.464 e. The Morgan fingerprint density at radius 1 is 1.47 bits per heavy atom. The van der Waals surface area contributed by atoms with Crippen molar-refractivity contribution in [2.24, 2.45) is 5.41 Å². The number of carbonyl (C=O) groups excluding carboxylic acids is 2. The summed E-state index contributed by atoms with van der Waals surface area (Å²) >= 11 is 0. The van der Waals surface area contributed by atoms with Crippen molar-refractivity contribution in [1.82, 2.24) is 14.9 Å². The standard InChI is InChI=1S/C12H20N4O3/c1-7-15-8(10(17)19-5)9(13)16(7)6-12(2,3)11(18)14-4/h6,13H2,1-5H3,(H,14,18). The third-order valence-corrected chi connectivity index (χ3v) is 2.97. The van der Waals surface area contributed by atoms with Crippen molar-refractivity contribution in [3.63, 3.8) is 0 Å². The van der Waals surface area contributed by atoms with Crippen LogP contribution in [0.4, 0.5) is 5.82 Å². The third-order valence-electron chi connectivity index (χ3n) is 2.97. The van der Waals surface area contributed by atoms with Crippen LogP contribution in [0.15, 0.2) is 0 Å². The molecular weight excluding hydrogens is 248 g/mol. The number of hydrogen-bond donors (Lipinski definition) is 2. The van der Waals surface area contributed by atoms with Crippen molar-refractivity contribution in [1.29, 1.82) is 0 Å². The predicted octanol–water partition coefficient (Wildman–Crippen LogP) is 0.333. The molecule has 1 aromatic heterocycles. The second-order valence-electron chi connectivity index (χ2n) is 4.93. The highest BCUT2D eigenvalue weighted by Gasteiger charge is 2.30. The van der Waals surface area contributed by atoms with Crippen LogP contribution in [0.25, 0.3) is 0 Å². The SMILES string of the molecule is CNC(=O)C(C)(C)Cn1c(C)nc(C(=O)OC)c1N. The van der Waals surface area contributed by atoms with Gasteiger partial charge in [-0.2, -0.15) is 0 Å². The lowest BCUT2D eigenvalue weighted by Crippen LogP contribution is -2.38. The number of hydrogen-bond acceptors (Lipinski definition) is 5. The second-order valence-corrected chi connectivity index (χ2v) is 4.93. The molecule has 7 heteroatoms. The number of nitrogens with two attached hydrogens (primary N) is 1. The number of nitrogen functional groups attached to an aromatic ring is 1. The summed E-state index contributed by atoms with van der Waals surface area (Å²) in [5, 5.41) is 2.60. The van der Waals surface area contributed by atoms with Crippen LogP contribution in [-0.2, 0) is 16.1 Å². The number of rotatable bonds is 4. The van der Waals surface area contributed by atoms with Gasteiger partial charge in [-0.25, -0.2) is 9.78 Å². The van der Waals surface area contributed by atoms with E-state index in [1.807, 2.05) is 0 Å². The molecule has 7 nitrogen and oxygen atoms in total. The molecule has 0 atom stereocenters. The van der Waals surface area contributed by atoms with E-state index in [9.17, 15) is 9.59 Å². The number of amides is 1. The Labute approximate surface area is 112 Å². The van der Waals surface area contributed by atoms with Gasteiger partial charge in [-0.1, -0.05) is 0 Å². The van der Waals surface area contributed by atoms with Crippen LogP contribution in [-0.4, -0.2) is 35.6 Å². The summed E-state index contributed by atoms with van der Waals surface area (Å²) in [6.07, 6.45) is 0. The van der Waals surface area contributed by atoms with Gasteiger partial charge in [0.05, 0.1) is 12.5 Å². The number of methoxy groups -OCH3 is 1.